The van der Waals surface area contributed by atoms with Crippen molar-refractivity contribution in [2.24, 2.45) is 5.92 Å². The van der Waals surface area contributed by atoms with Crippen LogP contribution >= 0.6 is 22.9 Å². The molecule has 0 unspecified atom stereocenters. The number of halogens is 1. The molecule has 0 bridgehead atoms. The molecule has 2 atom stereocenters. The van der Waals surface area contributed by atoms with E-state index in [1.165, 1.54) is 9.56 Å². The van der Waals surface area contributed by atoms with Gasteiger partial charge in [0.25, 0.3) is 5.56 Å². The number of nitrogens with one attached hydrogen (secondary N) is 1. The number of carbonyl (C=O) groups excluding carboxylic acids is 1. The minimum absolute atomic E-state index is 0.245. The topological polar surface area (TPSA) is 76.9 Å². The van der Waals surface area contributed by atoms with Crippen LogP contribution in [-0.4, -0.2) is 20.9 Å². The summed E-state index contributed by atoms with van der Waals surface area (Å²) in [6.45, 7) is 3.87. The van der Waals surface area contributed by atoms with Crippen molar-refractivity contribution in [1.29, 1.82) is 0 Å². The van der Waals surface area contributed by atoms with Crippen LogP contribution in [0.25, 0.3) is 10.2 Å². The molecule has 8 heteroatoms. The van der Waals surface area contributed by atoms with Gasteiger partial charge in [0.1, 0.15) is 6.04 Å². The quantitative estimate of drug-likeness (QED) is 0.722. The molecule has 0 radical (unpaired) electrons. The lowest BCUT2D eigenvalue weighted by Crippen LogP contribution is -2.34. The lowest BCUT2D eigenvalue weighted by molar-refractivity contribution is -0.119. The molecular weight excluding hydrogens is 384 g/mol. The molecular formula is C19H19ClN4O2S. The van der Waals surface area contributed by atoms with E-state index >= 15 is 0 Å². The maximum Gasteiger partial charge on any atom is 0.279 e. The van der Waals surface area contributed by atoms with Gasteiger partial charge in [-0.15, -0.1) is 16.4 Å². The third kappa shape index (κ3) is 3.37. The molecule has 0 spiro atoms. The summed E-state index contributed by atoms with van der Waals surface area (Å²) in [6, 6.07) is 6.03. The molecule has 0 saturated carbocycles. The molecule has 1 aliphatic carbocycles. The molecule has 4 rings (SSSR count). The Hall–Kier alpha value is -2.25. The van der Waals surface area contributed by atoms with E-state index in [0.717, 1.165) is 24.8 Å². The SMILES string of the molecule is C[C@@H]1CCc2c(sc3nnn([C@@H](C)C(=O)Nc4ccc(Cl)cc4)c(=O)c23)C1. The highest BCUT2D eigenvalue weighted by Gasteiger charge is 2.26. The van der Waals surface area contributed by atoms with Crippen LogP contribution in [0.2, 0.25) is 5.02 Å². The van der Waals surface area contributed by atoms with Gasteiger partial charge in [-0.1, -0.05) is 23.7 Å². The normalized spacial score (nSPS) is 17.5. The van der Waals surface area contributed by atoms with Crippen LogP contribution in [0.3, 0.4) is 0 Å². The number of benzene rings is 1. The summed E-state index contributed by atoms with van der Waals surface area (Å²) in [5, 5.41) is 12.3. The Morgan fingerprint density at radius 1 is 1.37 bits per heavy atom. The minimum Gasteiger partial charge on any atom is -0.324 e. The van der Waals surface area contributed by atoms with Gasteiger partial charge in [0.05, 0.1) is 5.39 Å². The molecule has 1 aromatic carbocycles. The Bertz CT molecular complexity index is 1070. The number of thiophene rings is 1. The summed E-state index contributed by atoms with van der Waals surface area (Å²) in [4.78, 5) is 27.5. The number of rotatable bonds is 3. The smallest absolute Gasteiger partial charge is 0.279 e. The summed E-state index contributed by atoms with van der Waals surface area (Å²) in [5.41, 5.74) is 1.46. The number of aromatic nitrogens is 3. The first-order valence-electron chi connectivity index (χ1n) is 8.90. The summed E-state index contributed by atoms with van der Waals surface area (Å²) >= 11 is 7.41. The van der Waals surface area contributed by atoms with E-state index in [1.54, 1.807) is 42.5 Å². The first-order chi connectivity index (χ1) is 12.9. The summed E-state index contributed by atoms with van der Waals surface area (Å²) in [5.74, 6) is 0.288. The molecule has 140 valence electrons. The van der Waals surface area contributed by atoms with Crippen molar-refractivity contribution in [3.63, 3.8) is 0 Å². The molecule has 0 saturated heterocycles. The fraction of sp³-hybridized carbons (Fsp3) is 0.368. The predicted molar refractivity (Wildman–Crippen MR) is 108 cm³/mol. The zero-order valence-corrected chi connectivity index (χ0v) is 16.6. The van der Waals surface area contributed by atoms with Gasteiger partial charge >= 0.3 is 0 Å². The monoisotopic (exact) mass is 402 g/mol. The second-order valence-corrected chi connectivity index (χ2v) is 8.56. The van der Waals surface area contributed by atoms with E-state index < -0.39 is 6.04 Å². The maximum atomic E-state index is 13.1. The van der Waals surface area contributed by atoms with E-state index in [0.29, 0.717) is 26.8 Å². The van der Waals surface area contributed by atoms with Crippen molar-refractivity contribution in [2.75, 3.05) is 5.32 Å². The van der Waals surface area contributed by atoms with Crippen LogP contribution < -0.4 is 10.9 Å². The summed E-state index contributed by atoms with van der Waals surface area (Å²) in [7, 11) is 0. The molecule has 0 fully saturated rings. The number of nitrogens with zero attached hydrogens (tertiary/aromatic N) is 3. The van der Waals surface area contributed by atoms with Crippen molar-refractivity contribution in [3.8, 4) is 0 Å². The number of aryl methyl sites for hydroxylation is 1. The van der Waals surface area contributed by atoms with Crippen LogP contribution in [0.5, 0.6) is 0 Å². The van der Waals surface area contributed by atoms with Crippen molar-refractivity contribution in [3.05, 3.63) is 50.1 Å². The van der Waals surface area contributed by atoms with E-state index in [1.807, 2.05) is 0 Å². The highest BCUT2D eigenvalue weighted by atomic mass is 35.5. The van der Waals surface area contributed by atoms with Gasteiger partial charge in [-0.3, -0.25) is 9.59 Å². The molecule has 27 heavy (non-hydrogen) atoms. The van der Waals surface area contributed by atoms with Crippen molar-refractivity contribution >= 4 is 44.7 Å². The fourth-order valence-corrected chi connectivity index (χ4v) is 4.86. The zero-order chi connectivity index (χ0) is 19.1. The molecule has 1 amide bonds. The number of carbonyl (C=O) groups is 1. The third-order valence-electron chi connectivity index (χ3n) is 5.01. The van der Waals surface area contributed by atoms with Crippen molar-refractivity contribution < 1.29 is 4.79 Å². The number of anilines is 1. The largest absolute Gasteiger partial charge is 0.324 e. The standard InChI is InChI=1S/C19H19ClN4O2S/c1-10-3-8-14-15(9-10)27-18-16(14)19(26)24(23-22-18)11(2)17(25)21-13-6-4-12(20)5-7-13/h4-7,10-11H,3,8-9H2,1-2H3,(H,21,25)/t10-,11+/m1/s1. The Balaban J connectivity index is 1.66. The van der Waals surface area contributed by atoms with Crippen LogP contribution in [0.4, 0.5) is 5.69 Å². The zero-order valence-electron chi connectivity index (χ0n) is 15.0. The van der Waals surface area contributed by atoms with Gasteiger partial charge in [0.2, 0.25) is 5.91 Å². The third-order valence-corrected chi connectivity index (χ3v) is 6.40. The van der Waals surface area contributed by atoms with Crippen molar-refractivity contribution in [2.45, 2.75) is 39.2 Å². The predicted octanol–water partition coefficient (Wildman–Crippen LogP) is 3.83. The highest BCUT2D eigenvalue weighted by Crippen LogP contribution is 2.35. The lowest BCUT2D eigenvalue weighted by Gasteiger charge is -2.17. The number of amides is 1. The second kappa shape index (κ2) is 7.05. The first kappa shape index (κ1) is 18.1. The fourth-order valence-electron chi connectivity index (χ4n) is 3.42. The van der Waals surface area contributed by atoms with Crippen LogP contribution in [0.15, 0.2) is 29.1 Å². The van der Waals surface area contributed by atoms with Crippen molar-refractivity contribution in [1.82, 2.24) is 15.0 Å². The van der Waals surface area contributed by atoms with Gasteiger partial charge in [-0.25, -0.2) is 0 Å². The van der Waals surface area contributed by atoms with Crippen LogP contribution in [0, 0.1) is 5.92 Å². The summed E-state index contributed by atoms with van der Waals surface area (Å²) < 4.78 is 1.18. The highest BCUT2D eigenvalue weighted by molar-refractivity contribution is 7.18. The average molecular weight is 403 g/mol. The van der Waals surface area contributed by atoms with Crippen LogP contribution in [0.1, 0.15) is 36.8 Å². The van der Waals surface area contributed by atoms with E-state index in [4.69, 9.17) is 11.6 Å². The number of hydrogen-bond donors (Lipinski definition) is 1. The Morgan fingerprint density at radius 3 is 2.85 bits per heavy atom. The molecule has 6 nitrogen and oxygen atoms in total. The Labute approximate surface area is 165 Å². The number of hydrogen-bond acceptors (Lipinski definition) is 5. The second-order valence-electron chi connectivity index (χ2n) is 7.04. The molecule has 3 aromatic rings. The number of fused-ring (bicyclic) bond motifs is 3. The van der Waals surface area contributed by atoms with E-state index in [9.17, 15) is 9.59 Å². The molecule has 0 aliphatic heterocycles. The van der Waals surface area contributed by atoms with Gasteiger partial charge in [0, 0.05) is 15.6 Å². The van der Waals surface area contributed by atoms with Gasteiger partial charge < -0.3 is 5.32 Å². The lowest BCUT2D eigenvalue weighted by atomic mass is 9.89. The molecule has 1 aliphatic rings. The van der Waals surface area contributed by atoms with Gasteiger partial charge in [-0.05, 0) is 61.9 Å². The molecule has 2 aromatic heterocycles. The summed E-state index contributed by atoms with van der Waals surface area (Å²) in [6.07, 6.45) is 2.92. The minimum atomic E-state index is -0.775. The Kier molecular flexibility index (Phi) is 4.74. The maximum absolute atomic E-state index is 13.1. The average Bonchev–Trinajstić information content (AvgIpc) is 3.01. The van der Waals surface area contributed by atoms with E-state index in [-0.39, 0.29) is 11.5 Å². The molecule has 1 N–H and O–H groups in total. The molecule has 2 heterocycles. The Morgan fingerprint density at radius 2 is 2.11 bits per heavy atom. The van der Waals surface area contributed by atoms with Gasteiger partial charge in [0.15, 0.2) is 4.83 Å². The van der Waals surface area contributed by atoms with Crippen LogP contribution in [-0.2, 0) is 17.6 Å². The van der Waals surface area contributed by atoms with E-state index in [2.05, 4.69) is 22.6 Å². The van der Waals surface area contributed by atoms with Gasteiger partial charge in [-0.2, -0.15) is 4.68 Å². The first-order valence-corrected chi connectivity index (χ1v) is 10.1.